The van der Waals surface area contributed by atoms with Crippen LogP contribution in [0.2, 0.25) is 0 Å². The minimum Gasteiger partial charge on any atom is -0.444 e. The van der Waals surface area contributed by atoms with Gasteiger partial charge in [-0.05, 0) is 41.9 Å². The summed E-state index contributed by atoms with van der Waals surface area (Å²) in [6.07, 6.45) is 4.43. The zero-order chi connectivity index (χ0) is 14.0. The average Bonchev–Trinajstić information content (AvgIpc) is 2.92. The van der Waals surface area contributed by atoms with Crippen LogP contribution in [0.15, 0.2) is 41.3 Å². The molecule has 0 amide bonds. The van der Waals surface area contributed by atoms with Gasteiger partial charge in [-0.15, -0.1) is 0 Å². The second-order valence-electron chi connectivity index (χ2n) is 6.17. The van der Waals surface area contributed by atoms with Crippen LogP contribution in [0.4, 0.5) is 5.69 Å². The molecule has 1 fully saturated rings. The first-order chi connectivity index (χ1) is 9.62. The molecule has 4 heteroatoms. The van der Waals surface area contributed by atoms with Gasteiger partial charge in [0.1, 0.15) is 0 Å². The number of thioether (sulfide) groups is 1. The third-order valence-corrected chi connectivity index (χ3v) is 5.21. The van der Waals surface area contributed by atoms with E-state index in [0.29, 0.717) is 11.5 Å². The van der Waals surface area contributed by atoms with E-state index in [1.807, 2.05) is 11.8 Å². The lowest BCUT2D eigenvalue weighted by Gasteiger charge is -2.35. The van der Waals surface area contributed by atoms with E-state index in [1.165, 1.54) is 30.0 Å². The van der Waals surface area contributed by atoms with Gasteiger partial charge in [0.2, 0.25) is 0 Å². The molecular weight excluding hydrogens is 268 g/mol. The molecule has 2 heterocycles. The molecule has 1 aromatic heterocycles. The van der Waals surface area contributed by atoms with Gasteiger partial charge < -0.3 is 9.73 Å². The van der Waals surface area contributed by atoms with E-state index in [0.717, 1.165) is 11.3 Å². The summed E-state index contributed by atoms with van der Waals surface area (Å²) in [5.41, 5.74) is 2.67. The van der Waals surface area contributed by atoms with E-state index in [1.54, 1.807) is 6.20 Å². The summed E-state index contributed by atoms with van der Waals surface area (Å²) in [4.78, 5) is 3.95. The van der Waals surface area contributed by atoms with Crippen LogP contribution in [0.25, 0.3) is 11.3 Å². The average molecular weight is 288 g/mol. The monoisotopic (exact) mass is 288 g/mol. The van der Waals surface area contributed by atoms with Crippen LogP contribution in [0.5, 0.6) is 0 Å². The first kappa shape index (κ1) is 13.6. The van der Waals surface area contributed by atoms with Crippen molar-refractivity contribution in [1.82, 2.24) is 4.98 Å². The van der Waals surface area contributed by atoms with Crippen molar-refractivity contribution in [3.05, 3.63) is 36.9 Å². The second-order valence-corrected chi connectivity index (χ2v) is 7.20. The molecule has 0 saturated carbocycles. The minimum atomic E-state index is 0.431. The van der Waals surface area contributed by atoms with Gasteiger partial charge in [0.25, 0.3) is 0 Å². The van der Waals surface area contributed by atoms with E-state index in [2.05, 4.69) is 48.4 Å². The number of hydrogen-bond donors (Lipinski definition) is 1. The first-order valence-corrected chi connectivity index (χ1v) is 8.11. The Morgan fingerprint density at radius 2 is 2.10 bits per heavy atom. The fourth-order valence-corrected chi connectivity index (χ4v) is 3.95. The predicted molar refractivity (Wildman–Crippen MR) is 85.1 cm³/mol. The summed E-state index contributed by atoms with van der Waals surface area (Å²) < 4.78 is 5.30. The topological polar surface area (TPSA) is 38.1 Å². The van der Waals surface area contributed by atoms with E-state index >= 15 is 0 Å². The third-order valence-electron chi connectivity index (χ3n) is 3.58. The van der Waals surface area contributed by atoms with Crippen LogP contribution >= 0.6 is 11.8 Å². The Balaban J connectivity index is 1.66. The van der Waals surface area contributed by atoms with Crippen molar-refractivity contribution in [2.24, 2.45) is 5.41 Å². The molecule has 1 unspecified atom stereocenters. The van der Waals surface area contributed by atoms with Gasteiger partial charge in [-0.25, -0.2) is 4.98 Å². The zero-order valence-corrected chi connectivity index (χ0v) is 12.7. The summed E-state index contributed by atoms with van der Waals surface area (Å²) in [6, 6.07) is 8.93. The molecule has 0 bridgehead atoms. The van der Waals surface area contributed by atoms with Crippen molar-refractivity contribution in [2.45, 2.75) is 26.3 Å². The van der Waals surface area contributed by atoms with Crippen LogP contribution in [0.3, 0.4) is 0 Å². The summed E-state index contributed by atoms with van der Waals surface area (Å²) in [6.45, 7) is 4.70. The first-order valence-electron chi connectivity index (χ1n) is 6.96. The highest BCUT2D eigenvalue weighted by atomic mass is 32.2. The van der Waals surface area contributed by atoms with E-state index in [-0.39, 0.29) is 0 Å². The van der Waals surface area contributed by atoms with Gasteiger partial charge in [-0.3, -0.25) is 0 Å². The van der Waals surface area contributed by atoms with Gasteiger partial charge in [0.05, 0.1) is 6.20 Å². The summed E-state index contributed by atoms with van der Waals surface area (Å²) in [5, 5.41) is 3.64. The van der Waals surface area contributed by atoms with Crippen molar-refractivity contribution in [3.63, 3.8) is 0 Å². The Kier molecular flexibility index (Phi) is 3.74. The van der Waals surface area contributed by atoms with Crippen molar-refractivity contribution in [3.8, 4) is 11.3 Å². The van der Waals surface area contributed by atoms with Crippen LogP contribution in [-0.2, 0) is 0 Å². The molecule has 106 valence electrons. The summed E-state index contributed by atoms with van der Waals surface area (Å²) in [5.74, 6) is 3.26. The molecule has 1 aliphatic heterocycles. The fourth-order valence-electron chi connectivity index (χ4n) is 2.68. The summed E-state index contributed by atoms with van der Waals surface area (Å²) in [7, 11) is 0. The minimum absolute atomic E-state index is 0.431. The maximum Gasteiger partial charge on any atom is 0.181 e. The molecule has 0 aliphatic carbocycles. The maximum absolute atomic E-state index is 5.30. The molecule has 0 spiro atoms. The lowest BCUT2D eigenvalue weighted by Crippen LogP contribution is -2.35. The Hall–Kier alpha value is -1.42. The molecule has 0 radical (unpaired) electrons. The molecule has 1 N–H and O–H groups in total. The van der Waals surface area contributed by atoms with Crippen molar-refractivity contribution >= 4 is 17.4 Å². The number of nitrogens with zero attached hydrogens (tertiary/aromatic N) is 1. The Morgan fingerprint density at radius 1 is 1.30 bits per heavy atom. The fraction of sp³-hybridized carbons (Fsp3) is 0.438. The van der Waals surface area contributed by atoms with E-state index in [4.69, 9.17) is 4.42 Å². The standard InChI is InChI=1S/C16H20N2OS/c1-16(2)7-14(9-20-10-16)18-13-5-3-12(4-6-13)15-8-17-11-19-15/h3-6,8,11,14,18H,7,9-10H2,1-2H3. The normalized spacial score (nSPS) is 21.6. The van der Waals surface area contributed by atoms with Crippen LogP contribution in [0, 0.1) is 5.41 Å². The molecular formula is C16H20N2OS. The van der Waals surface area contributed by atoms with Gasteiger partial charge in [-0.2, -0.15) is 11.8 Å². The summed E-state index contributed by atoms with van der Waals surface area (Å²) >= 11 is 2.04. The zero-order valence-electron chi connectivity index (χ0n) is 11.9. The molecule has 1 aliphatic rings. The smallest absolute Gasteiger partial charge is 0.181 e. The maximum atomic E-state index is 5.30. The van der Waals surface area contributed by atoms with E-state index < -0.39 is 0 Å². The molecule has 3 rings (SSSR count). The van der Waals surface area contributed by atoms with Gasteiger partial charge in [0, 0.05) is 23.0 Å². The van der Waals surface area contributed by atoms with Crippen molar-refractivity contribution in [1.29, 1.82) is 0 Å². The van der Waals surface area contributed by atoms with Crippen LogP contribution < -0.4 is 5.32 Å². The van der Waals surface area contributed by atoms with Crippen LogP contribution in [0.1, 0.15) is 20.3 Å². The largest absolute Gasteiger partial charge is 0.444 e. The van der Waals surface area contributed by atoms with Gasteiger partial charge in [-0.1, -0.05) is 13.8 Å². The number of rotatable bonds is 3. The number of nitrogens with one attached hydrogen (secondary N) is 1. The predicted octanol–water partition coefficient (Wildman–Crippen LogP) is 4.29. The van der Waals surface area contributed by atoms with Crippen molar-refractivity contribution in [2.75, 3.05) is 16.8 Å². The Bertz CT molecular complexity index is 548. The Labute approximate surface area is 124 Å². The Morgan fingerprint density at radius 3 is 2.75 bits per heavy atom. The third kappa shape index (κ3) is 3.18. The highest BCUT2D eigenvalue weighted by Crippen LogP contribution is 2.34. The SMILES string of the molecule is CC1(C)CSCC(Nc2ccc(-c3cnco3)cc2)C1. The molecule has 1 saturated heterocycles. The number of oxazole rings is 1. The number of anilines is 1. The highest BCUT2D eigenvalue weighted by Gasteiger charge is 2.28. The van der Waals surface area contributed by atoms with Gasteiger partial charge >= 0.3 is 0 Å². The van der Waals surface area contributed by atoms with Crippen molar-refractivity contribution < 1.29 is 4.42 Å². The number of benzene rings is 1. The molecule has 1 aromatic carbocycles. The van der Waals surface area contributed by atoms with Gasteiger partial charge in [0.15, 0.2) is 12.2 Å². The molecule has 2 aromatic rings. The van der Waals surface area contributed by atoms with Crippen LogP contribution in [-0.4, -0.2) is 22.5 Å². The second kappa shape index (κ2) is 5.52. The lowest BCUT2D eigenvalue weighted by molar-refractivity contribution is 0.358. The quantitative estimate of drug-likeness (QED) is 0.914. The van der Waals surface area contributed by atoms with E-state index in [9.17, 15) is 0 Å². The molecule has 20 heavy (non-hydrogen) atoms. The number of aromatic nitrogens is 1. The molecule has 3 nitrogen and oxygen atoms in total. The number of hydrogen-bond acceptors (Lipinski definition) is 4. The molecule has 1 atom stereocenters. The highest BCUT2D eigenvalue weighted by molar-refractivity contribution is 7.99. The lowest BCUT2D eigenvalue weighted by atomic mass is 9.88.